The number of rotatable bonds is 1. The standard InChI is InChI=1S/C17H19NOS/c1-12-10-18(11-13(2)19-12)17(20)16-9-5-7-14-6-3-4-8-15(14)16/h3-9,12-13H,10-11H2,1-2H3. The zero-order chi connectivity index (χ0) is 14.1. The molecule has 0 N–H and O–H groups in total. The minimum atomic E-state index is 0.228. The maximum atomic E-state index is 5.79. The number of morpholine rings is 1. The van der Waals surface area contributed by atoms with E-state index in [1.165, 1.54) is 10.8 Å². The van der Waals surface area contributed by atoms with Crippen molar-refractivity contribution in [2.24, 2.45) is 0 Å². The van der Waals surface area contributed by atoms with Crippen molar-refractivity contribution < 1.29 is 4.74 Å². The van der Waals surface area contributed by atoms with Gasteiger partial charge in [-0.25, -0.2) is 0 Å². The van der Waals surface area contributed by atoms with Crippen molar-refractivity contribution in [3.63, 3.8) is 0 Å². The highest BCUT2D eigenvalue weighted by Gasteiger charge is 2.25. The zero-order valence-corrected chi connectivity index (χ0v) is 12.7. The number of benzene rings is 2. The first-order chi connectivity index (χ1) is 9.65. The number of thiocarbonyl (C=S) groups is 1. The molecule has 1 saturated heterocycles. The molecule has 2 atom stereocenters. The molecule has 0 radical (unpaired) electrons. The fourth-order valence-electron chi connectivity index (χ4n) is 2.93. The van der Waals surface area contributed by atoms with E-state index in [0.29, 0.717) is 0 Å². The second kappa shape index (κ2) is 5.51. The van der Waals surface area contributed by atoms with E-state index < -0.39 is 0 Å². The van der Waals surface area contributed by atoms with Gasteiger partial charge in [0.15, 0.2) is 0 Å². The van der Waals surface area contributed by atoms with Gasteiger partial charge in [0.05, 0.1) is 12.2 Å². The molecule has 1 aliphatic rings. The van der Waals surface area contributed by atoms with E-state index in [9.17, 15) is 0 Å². The van der Waals surface area contributed by atoms with Crippen LogP contribution in [0.3, 0.4) is 0 Å². The summed E-state index contributed by atoms with van der Waals surface area (Å²) in [5.41, 5.74) is 1.15. The molecule has 3 rings (SSSR count). The predicted octanol–water partition coefficient (Wildman–Crippen LogP) is 3.62. The van der Waals surface area contributed by atoms with Gasteiger partial charge in [-0.3, -0.25) is 0 Å². The number of ether oxygens (including phenoxy) is 1. The van der Waals surface area contributed by atoms with E-state index in [1.807, 2.05) is 0 Å². The van der Waals surface area contributed by atoms with Gasteiger partial charge >= 0.3 is 0 Å². The Morgan fingerprint density at radius 3 is 2.45 bits per heavy atom. The van der Waals surface area contributed by atoms with Crippen LogP contribution in [0.15, 0.2) is 42.5 Å². The Labute approximate surface area is 125 Å². The molecule has 2 aromatic carbocycles. The maximum Gasteiger partial charge on any atom is 0.109 e. The summed E-state index contributed by atoms with van der Waals surface area (Å²) in [5, 5.41) is 2.47. The van der Waals surface area contributed by atoms with E-state index in [-0.39, 0.29) is 12.2 Å². The van der Waals surface area contributed by atoms with Crippen LogP contribution in [0.1, 0.15) is 19.4 Å². The Morgan fingerprint density at radius 1 is 1.05 bits per heavy atom. The molecule has 2 aromatic rings. The summed E-state index contributed by atoms with van der Waals surface area (Å²) >= 11 is 5.74. The minimum absolute atomic E-state index is 0.228. The van der Waals surface area contributed by atoms with Crippen molar-refractivity contribution in [3.8, 4) is 0 Å². The van der Waals surface area contributed by atoms with Crippen molar-refractivity contribution in [2.75, 3.05) is 13.1 Å². The van der Waals surface area contributed by atoms with Crippen molar-refractivity contribution in [3.05, 3.63) is 48.0 Å². The predicted molar refractivity (Wildman–Crippen MR) is 87.2 cm³/mol. The monoisotopic (exact) mass is 285 g/mol. The first-order valence-electron chi connectivity index (χ1n) is 7.07. The number of nitrogens with zero attached hydrogens (tertiary/aromatic N) is 1. The van der Waals surface area contributed by atoms with Gasteiger partial charge in [0.1, 0.15) is 4.99 Å². The summed E-state index contributed by atoms with van der Waals surface area (Å²) in [6, 6.07) is 14.7. The molecule has 1 aliphatic heterocycles. The van der Waals surface area contributed by atoms with E-state index in [1.54, 1.807) is 0 Å². The molecule has 0 amide bonds. The van der Waals surface area contributed by atoms with E-state index in [0.717, 1.165) is 23.6 Å². The highest BCUT2D eigenvalue weighted by molar-refractivity contribution is 7.80. The van der Waals surface area contributed by atoms with E-state index in [4.69, 9.17) is 17.0 Å². The maximum absolute atomic E-state index is 5.79. The Balaban J connectivity index is 1.96. The highest BCUT2D eigenvalue weighted by atomic mass is 32.1. The SMILES string of the molecule is CC1CN(C(=S)c2cccc3ccccc23)CC(C)O1. The first kappa shape index (κ1) is 13.5. The summed E-state index contributed by atoms with van der Waals surface area (Å²) in [5.74, 6) is 0. The lowest BCUT2D eigenvalue weighted by Crippen LogP contribution is -2.47. The molecule has 2 nitrogen and oxygen atoms in total. The summed E-state index contributed by atoms with van der Waals surface area (Å²) in [7, 11) is 0. The second-order valence-corrected chi connectivity index (χ2v) is 5.88. The highest BCUT2D eigenvalue weighted by Crippen LogP contribution is 2.22. The van der Waals surface area contributed by atoms with Gasteiger partial charge in [-0.2, -0.15) is 0 Å². The number of fused-ring (bicyclic) bond motifs is 1. The first-order valence-corrected chi connectivity index (χ1v) is 7.48. The zero-order valence-electron chi connectivity index (χ0n) is 11.9. The third-order valence-electron chi connectivity index (χ3n) is 3.73. The van der Waals surface area contributed by atoms with Crippen molar-refractivity contribution in [1.82, 2.24) is 4.90 Å². The van der Waals surface area contributed by atoms with Gasteiger partial charge < -0.3 is 9.64 Å². The molecule has 2 unspecified atom stereocenters. The minimum Gasteiger partial charge on any atom is -0.372 e. The van der Waals surface area contributed by atoms with Crippen LogP contribution in [0.2, 0.25) is 0 Å². The molecule has 104 valence electrons. The van der Waals surface area contributed by atoms with Gasteiger partial charge in [-0.1, -0.05) is 54.7 Å². The largest absolute Gasteiger partial charge is 0.372 e. The summed E-state index contributed by atoms with van der Waals surface area (Å²) in [4.78, 5) is 3.21. The summed E-state index contributed by atoms with van der Waals surface area (Å²) < 4.78 is 5.79. The van der Waals surface area contributed by atoms with Crippen LogP contribution >= 0.6 is 12.2 Å². The molecule has 0 aromatic heterocycles. The van der Waals surface area contributed by atoms with Crippen LogP contribution in [0.4, 0.5) is 0 Å². The van der Waals surface area contributed by atoms with Crippen molar-refractivity contribution in [2.45, 2.75) is 26.1 Å². The van der Waals surface area contributed by atoms with Crippen LogP contribution in [0, 0.1) is 0 Å². The fraction of sp³-hybridized carbons (Fsp3) is 0.353. The molecule has 20 heavy (non-hydrogen) atoms. The molecule has 3 heteroatoms. The average molecular weight is 285 g/mol. The van der Waals surface area contributed by atoms with Crippen molar-refractivity contribution >= 4 is 28.0 Å². The van der Waals surface area contributed by atoms with Crippen LogP contribution in [-0.2, 0) is 4.74 Å². The molecule has 0 bridgehead atoms. The molecular weight excluding hydrogens is 266 g/mol. The van der Waals surface area contributed by atoms with Crippen LogP contribution in [0.5, 0.6) is 0 Å². The Morgan fingerprint density at radius 2 is 1.70 bits per heavy atom. The van der Waals surface area contributed by atoms with Crippen LogP contribution < -0.4 is 0 Å². The molecule has 0 aliphatic carbocycles. The van der Waals surface area contributed by atoms with Gasteiger partial charge in [-0.15, -0.1) is 0 Å². The quantitative estimate of drug-likeness (QED) is 0.743. The fourth-order valence-corrected chi connectivity index (χ4v) is 3.25. The smallest absolute Gasteiger partial charge is 0.109 e. The lowest BCUT2D eigenvalue weighted by molar-refractivity contribution is -0.0472. The third kappa shape index (κ3) is 2.56. The average Bonchev–Trinajstić information content (AvgIpc) is 2.45. The van der Waals surface area contributed by atoms with E-state index in [2.05, 4.69) is 61.2 Å². The Hall–Kier alpha value is -1.45. The second-order valence-electron chi connectivity index (χ2n) is 5.49. The van der Waals surface area contributed by atoms with Crippen LogP contribution in [-0.4, -0.2) is 35.2 Å². The lowest BCUT2D eigenvalue weighted by atomic mass is 10.0. The normalized spacial score (nSPS) is 23.0. The molecule has 0 saturated carbocycles. The van der Waals surface area contributed by atoms with Crippen LogP contribution in [0.25, 0.3) is 10.8 Å². The van der Waals surface area contributed by atoms with E-state index >= 15 is 0 Å². The third-order valence-corrected chi connectivity index (χ3v) is 4.20. The Kier molecular flexibility index (Phi) is 3.72. The van der Waals surface area contributed by atoms with Crippen molar-refractivity contribution in [1.29, 1.82) is 0 Å². The number of hydrogen-bond donors (Lipinski definition) is 0. The Bertz CT molecular complexity index is 624. The van der Waals surface area contributed by atoms with Gasteiger partial charge in [0.2, 0.25) is 0 Å². The molecular formula is C17H19NOS. The topological polar surface area (TPSA) is 12.5 Å². The lowest BCUT2D eigenvalue weighted by Gasteiger charge is -2.37. The molecule has 1 heterocycles. The molecule has 0 spiro atoms. The van der Waals surface area contributed by atoms with Gasteiger partial charge in [0.25, 0.3) is 0 Å². The van der Waals surface area contributed by atoms with Gasteiger partial charge in [-0.05, 0) is 24.6 Å². The van der Waals surface area contributed by atoms with Gasteiger partial charge in [0, 0.05) is 18.7 Å². The molecule has 1 fully saturated rings. The number of hydrogen-bond acceptors (Lipinski definition) is 2. The summed E-state index contributed by atoms with van der Waals surface area (Å²) in [6.45, 7) is 5.95. The summed E-state index contributed by atoms with van der Waals surface area (Å²) in [6.07, 6.45) is 0.457.